The first-order valence-electron chi connectivity index (χ1n) is 8.47. The summed E-state index contributed by atoms with van der Waals surface area (Å²) in [5, 5.41) is 9.40. The van der Waals surface area contributed by atoms with Crippen LogP contribution >= 0.6 is 23.2 Å². The van der Waals surface area contributed by atoms with Gasteiger partial charge in [0.05, 0.1) is 23.2 Å². The second-order valence-corrected chi connectivity index (χ2v) is 6.82. The molecule has 0 unspecified atom stereocenters. The number of hydrogen-bond acceptors (Lipinski definition) is 4. The summed E-state index contributed by atoms with van der Waals surface area (Å²) in [5.74, 6) is 0.196. The molecule has 8 heteroatoms. The van der Waals surface area contributed by atoms with Crippen molar-refractivity contribution in [2.45, 2.75) is 13.8 Å². The van der Waals surface area contributed by atoms with Gasteiger partial charge in [0, 0.05) is 5.02 Å². The average molecular weight is 417 g/mol. The number of aromatic nitrogens is 2. The number of halogens is 2. The van der Waals surface area contributed by atoms with Gasteiger partial charge in [0.25, 0.3) is 5.91 Å². The van der Waals surface area contributed by atoms with Crippen LogP contribution in [0.3, 0.4) is 0 Å². The number of amides is 1. The lowest BCUT2D eigenvalue weighted by atomic mass is 10.2. The molecule has 28 heavy (non-hydrogen) atoms. The van der Waals surface area contributed by atoms with E-state index in [-0.39, 0.29) is 6.61 Å². The lowest BCUT2D eigenvalue weighted by Crippen LogP contribution is -2.24. The molecule has 6 nitrogen and oxygen atoms in total. The highest BCUT2D eigenvalue weighted by Crippen LogP contribution is 2.22. The fraction of sp³-hybridized carbons (Fsp3) is 0.150. The maximum atomic E-state index is 12.0. The Morgan fingerprint density at radius 1 is 1.21 bits per heavy atom. The first-order valence-corrected chi connectivity index (χ1v) is 9.22. The first-order chi connectivity index (χ1) is 13.5. The molecule has 1 N–H and O–H groups in total. The molecule has 144 valence electrons. The third-order valence-electron chi connectivity index (χ3n) is 3.93. The lowest BCUT2D eigenvalue weighted by molar-refractivity contribution is -0.123. The molecule has 3 rings (SSSR count). The van der Waals surface area contributed by atoms with E-state index in [1.54, 1.807) is 22.9 Å². The summed E-state index contributed by atoms with van der Waals surface area (Å²) >= 11 is 12.3. The predicted molar refractivity (Wildman–Crippen MR) is 111 cm³/mol. The molecule has 0 fully saturated rings. The van der Waals surface area contributed by atoms with Crippen LogP contribution in [0.15, 0.2) is 53.6 Å². The molecule has 0 atom stereocenters. The van der Waals surface area contributed by atoms with Crippen molar-refractivity contribution in [3.63, 3.8) is 0 Å². The number of benzene rings is 2. The van der Waals surface area contributed by atoms with Gasteiger partial charge in [-0.1, -0.05) is 41.4 Å². The summed E-state index contributed by atoms with van der Waals surface area (Å²) in [6.45, 7) is 3.50. The zero-order valence-corrected chi connectivity index (χ0v) is 16.8. The highest BCUT2D eigenvalue weighted by atomic mass is 35.5. The number of hydrogen-bond donors (Lipinski definition) is 1. The summed E-state index contributed by atoms with van der Waals surface area (Å²) in [6.07, 6.45) is 1.47. The van der Waals surface area contributed by atoms with Crippen molar-refractivity contribution in [1.82, 2.24) is 15.2 Å². The van der Waals surface area contributed by atoms with Crippen LogP contribution in [-0.4, -0.2) is 28.5 Å². The Labute approximate surface area is 172 Å². The van der Waals surface area contributed by atoms with Crippen LogP contribution in [-0.2, 0) is 4.79 Å². The van der Waals surface area contributed by atoms with Crippen LogP contribution in [0.1, 0.15) is 16.8 Å². The normalized spacial score (nSPS) is 11.0. The Kier molecular flexibility index (Phi) is 6.34. The zero-order valence-electron chi connectivity index (χ0n) is 15.3. The van der Waals surface area contributed by atoms with Crippen LogP contribution < -0.4 is 10.2 Å². The summed E-state index contributed by atoms with van der Waals surface area (Å²) < 4.78 is 7.10. The maximum absolute atomic E-state index is 12.0. The largest absolute Gasteiger partial charge is 0.483 e. The van der Waals surface area contributed by atoms with Gasteiger partial charge in [-0.3, -0.25) is 4.79 Å². The second kappa shape index (κ2) is 8.91. The molecule has 0 aliphatic carbocycles. The molecule has 2 aromatic carbocycles. The van der Waals surface area contributed by atoms with E-state index in [1.807, 2.05) is 44.2 Å². The summed E-state index contributed by atoms with van der Waals surface area (Å²) in [4.78, 5) is 12.0. The maximum Gasteiger partial charge on any atom is 0.277 e. The van der Waals surface area contributed by atoms with Gasteiger partial charge < -0.3 is 4.74 Å². The molecule has 0 aliphatic heterocycles. The van der Waals surface area contributed by atoms with E-state index in [4.69, 9.17) is 27.9 Å². The molecule has 0 saturated heterocycles. The molecular formula is C20H18Cl2N4O2. The second-order valence-electron chi connectivity index (χ2n) is 6.03. The molecule has 0 aliphatic rings. The van der Waals surface area contributed by atoms with E-state index in [2.05, 4.69) is 15.6 Å². The van der Waals surface area contributed by atoms with Crippen LogP contribution in [0.2, 0.25) is 10.2 Å². The van der Waals surface area contributed by atoms with Gasteiger partial charge in [-0.25, -0.2) is 10.1 Å². The third kappa shape index (κ3) is 4.71. The third-order valence-corrected chi connectivity index (χ3v) is 4.53. The minimum Gasteiger partial charge on any atom is -0.483 e. The number of rotatable bonds is 6. The number of ether oxygens (including phenoxy) is 1. The number of carbonyl (C=O) groups excluding carboxylic acids is 1. The number of nitrogens with one attached hydrogen (secondary N) is 1. The smallest absolute Gasteiger partial charge is 0.277 e. The molecule has 0 spiro atoms. The quantitative estimate of drug-likeness (QED) is 0.480. The van der Waals surface area contributed by atoms with Crippen molar-refractivity contribution in [2.24, 2.45) is 5.10 Å². The van der Waals surface area contributed by atoms with E-state index < -0.39 is 5.91 Å². The molecule has 1 amide bonds. The van der Waals surface area contributed by atoms with E-state index in [1.165, 1.54) is 6.21 Å². The van der Waals surface area contributed by atoms with Crippen molar-refractivity contribution in [3.05, 3.63) is 75.5 Å². The Balaban J connectivity index is 1.61. The Hall–Kier alpha value is -2.83. The molecule has 0 bridgehead atoms. The fourth-order valence-electron chi connectivity index (χ4n) is 2.52. The average Bonchev–Trinajstić information content (AvgIpc) is 2.96. The van der Waals surface area contributed by atoms with E-state index in [0.717, 1.165) is 11.3 Å². The van der Waals surface area contributed by atoms with Gasteiger partial charge >= 0.3 is 0 Å². The van der Waals surface area contributed by atoms with Crippen molar-refractivity contribution in [2.75, 3.05) is 6.61 Å². The van der Waals surface area contributed by atoms with Gasteiger partial charge in [-0.05, 0) is 49.7 Å². The minimum absolute atomic E-state index is 0.171. The molecule has 0 saturated carbocycles. The van der Waals surface area contributed by atoms with Crippen LogP contribution in [0.5, 0.6) is 5.75 Å². The number of hydrazone groups is 1. The van der Waals surface area contributed by atoms with E-state index >= 15 is 0 Å². The Bertz CT molecular complexity index is 1020. The highest BCUT2D eigenvalue weighted by Gasteiger charge is 2.13. The number of nitrogens with zero attached hydrogens (tertiary/aromatic N) is 3. The number of para-hydroxylation sites is 1. The predicted octanol–water partition coefficient (Wildman–Crippen LogP) is 4.33. The number of carbonyl (C=O) groups is 1. The summed E-state index contributed by atoms with van der Waals surface area (Å²) in [6, 6.07) is 14.7. The minimum atomic E-state index is -0.394. The SMILES string of the molecule is Cc1cc(Cl)ccc1OCC(=O)N/N=C/c1c(C)nn(-c2ccccc2)c1Cl. The van der Waals surface area contributed by atoms with Crippen LogP contribution in [0.4, 0.5) is 0 Å². The first kappa shape index (κ1) is 19.9. The van der Waals surface area contributed by atoms with E-state index in [0.29, 0.717) is 27.2 Å². The van der Waals surface area contributed by atoms with Gasteiger partial charge in [0.15, 0.2) is 6.61 Å². The van der Waals surface area contributed by atoms with Gasteiger partial charge in [0.2, 0.25) is 0 Å². The zero-order chi connectivity index (χ0) is 20.1. The van der Waals surface area contributed by atoms with Crippen LogP contribution in [0.25, 0.3) is 5.69 Å². The standard InChI is InChI=1S/C20H18Cl2N4O2/c1-13-10-15(21)8-9-18(13)28-12-19(27)24-23-11-17-14(2)25-26(20(17)22)16-6-4-3-5-7-16/h3-11H,12H2,1-2H3,(H,24,27)/b23-11+. The van der Waals surface area contributed by atoms with Gasteiger partial charge in [-0.2, -0.15) is 10.2 Å². The fourth-order valence-corrected chi connectivity index (χ4v) is 3.06. The number of aryl methyl sites for hydroxylation is 2. The Morgan fingerprint density at radius 3 is 2.68 bits per heavy atom. The van der Waals surface area contributed by atoms with Crippen molar-refractivity contribution in [3.8, 4) is 11.4 Å². The molecular weight excluding hydrogens is 399 g/mol. The lowest BCUT2D eigenvalue weighted by Gasteiger charge is -2.08. The summed E-state index contributed by atoms with van der Waals surface area (Å²) in [7, 11) is 0. The van der Waals surface area contributed by atoms with Crippen molar-refractivity contribution >= 4 is 35.3 Å². The van der Waals surface area contributed by atoms with Crippen LogP contribution in [0, 0.1) is 13.8 Å². The van der Waals surface area contributed by atoms with Gasteiger partial charge in [0.1, 0.15) is 10.9 Å². The summed E-state index contributed by atoms with van der Waals surface area (Å²) in [5.41, 5.74) is 5.42. The van der Waals surface area contributed by atoms with Gasteiger partial charge in [-0.15, -0.1) is 0 Å². The van der Waals surface area contributed by atoms with Crippen molar-refractivity contribution < 1.29 is 9.53 Å². The highest BCUT2D eigenvalue weighted by molar-refractivity contribution is 6.32. The van der Waals surface area contributed by atoms with E-state index in [9.17, 15) is 4.79 Å². The molecule has 1 aromatic heterocycles. The molecule has 0 radical (unpaired) electrons. The Morgan fingerprint density at radius 2 is 1.96 bits per heavy atom. The molecule has 1 heterocycles. The topological polar surface area (TPSA) is 68.5 Å². The monoisotopic (exact) mass is 416 g/mol. The van der Waals surface area contributed by atoms with Crippen molar-refractivity contribution in [1.29, 1.82) is 0 Å². The molecule has 3 aromatic rings.